The normalized spacial score (nSPS) is 18.7. The van der Waals surface area contributed by atoms with Crippen LogP contribution in [0.3, 0.4) is 0 Å². The lowest BCUT2D eigenvalue weighted by Gasteiger charge is -2.15. The van der Waals surface area contributed by atoms with Crippen LogP contribution in [0.5, 0.6) is 0 Å². The van der Waals surface area contributed by atoms with Crippen LogP contribution in [0.15, 0.2) is 47.3 Å². The third kappa shape index (κ3) is 6.13. The number of aromatic nitrogens is 4. The molecule has 1 saturated carbocycles. The van der Waals surface area contributed by atoms with Gasteiger partial charge in [-0.15, -0.1) is 0 Å². The molecule has 1 aromatic carbocycles. The van der Waals surface area contributed by atoms with Gasteiger partial charge in [-0.25, -0.2) is 19.3 Å². The summed E-state index contributed by atoms with van der Waals surface area (Å²) in [4.78, 5) is 21.6. The molecule has 34 heavy (non-hydrogen) atoms. The summed E-state index contributed by atoms with van der Waals surface area (Å²) in [6.45, 7) is 0.498. The molecule has 10 nitrogen and oxygen atoms in total. The maximum absolute atomic E-state index is 13.3. The molecule has 0 bridgehead atoms. The van der Waals surface area contributed by atoms with E-state index in [1.165, 1.54) is 12.5 Å². The first-order valence-electron chi connectivity index (χ1n) is 10.8. The van der Waals surface area contributed by atoms with Gasteiger partial charge in [0, 0.05) is 16.7 Å². The number of anilines is 1. The number of nitrogens with zero attached hydrogens (tertiary/aromatic N) is 4. The van der Waals surface area contributed by atoms with E-state index in [9.17, 15) is 14.1 Å². The number of carbonyl (C=O) groups is 1. The molecule has 4 N–H and O–H groups in total. The SMILES string of the molecule is NS(=O)OCC1CCC(Nc2ncncc2C(=O)c2cc(CO)n(Cc3cccc(Br)c3)n2)C1. The summed E-state index contributed by atoms with van der Waals surface area (Å²) in [5.41, 5.74) is 2.03. The van der Waals surface area contributed by atoms with Gasteiger partial charge in [-0.3, -0.25) is 13.7 Å². The van der Waals surface area contributed by atoms with Crippen LogP contribution in [-0.2, 0) is 28.6 Å². The maximum atomic E-state index is 13.3. The van der Waals surface area contributed by atoms with Crippen molar-refractivity contribution >= 4 is 38.8 Å². The first-order valence-corrected chi connectivity index (χ1v) is 12.7. The van der Waals surface area contributed by atoms with Crippen LogP contribution in [0.25, 0.3) is 0 Å². The zero-order valence-electron chi connectivity index (χ0n) is 18.3. The number of nitrogens with two attached hydrogens (primary N) is 1. The van der Waals surface area contributed by atoms with Gasteiger partial charge < -0.3 is 10.4 Å². The second-order valence-electron chi connectivity index (χ2n) is 8.15. The minimum absolute atomic E-state index is 0.0864. The molecule has 2 heterocycles. The fourth-order valence-electron chi connectivity index (χ4n) is 4.10. The molecule has 0 radical (unpaired) electrons. The second kappa shape index (κ2) is 11.3. The summed E-state index contributed by atoms with van der Waals surface area (Å²) in [6, 6.07) is 9.44. The number of hydrogen-bond acceptors (Lipinski definition) is 8. The predicted octanol–water partition coefficient (Wildman–Crippen LogP) is 2.34. The molecule has 2 aromatic heterocycles. The Hall–Kier alpha value is -2.51. The van der Waals surface area contributed by atoms with Gasteiger partial charge in [0.2, 0.25) is 17.0 Å². The zero-order chi connectivity index (χ0) is 24.1. The van der Waals surface area contributed by atoms with E-state index in [1.54, 1.807) is 10.7 Å². The van der Waals surface area contributed by atoms with Gasteiger partial charge in [0.1, 0.15) is 17.8 Å². The van der Waals surface area contributed by atoms with Gasteiger partial charge in [0.05, 0.1) is 31.0 Å². The number of ketones is 1. The molecular weight excluding hydrogens is 524 g/mol. The number of halogens is 1. The fraction of sp³-hybridized carbons (Fsp3) is 0.364. The van der Waals surface area contributed by atoms with E-state index >= 15 is 0 Å². The monoisotopic (exact) mass is 548 g/mol. The van der Waals surface area contributed by atoms with Gasteiger partial charge in [0.25, 0.3) is 0 Å². The predicted molar refractivity (Wildman–Crippen MR) is 130 cm³/mol. The van der Waals surface area contributed by atoms with E-state index in [0.717, 1.165) is 29.3 Å². The molecule has 3 atom stereocenters. The van der Waals surface area contributed by atoms with Crippen molar-refractivity contribution in [2.75, 3.05) is 11.9 Å². The maximum Gasteiger partial charge on any atom is 0.231 e. The number of aliphatic hydroxyl groups is 1. The summed E-state index contributed by atoms with van der Waals surface area (Å²) < 4.78 is 18.5. The number of hydrogen-bond donors (Lipinski definition) is 3. The third-order valence-electron chi connectivity index (χ3n) is 5.74. The molecule has 0 aliphatic heterocycles. The van der Waals surface area contributed by atoms with Crippen molar-refractivity contribution in [2.45, 2.75) is 38.5 Å². The van der Waals surface area contributed by atoms with Crippen LogP contribution in [0.2, 0.25) is 0 Å². The summed E-state index contributed by atoms with van der Waals surface area (Å²) in [7, 11) is 0. The van der Waals surface area contributed by atoms with Crippen LogP contribution in [-0.4, -0.2) is 47.5 Å². The summed E-state index contributed by atoms with van der Waals surface area (Å²) >= 11 is 1.68. The average Bonchev–Trinajstić information content (AvgIpc) is 3.44. The van der Waals surface area contributed by atoms with Crippen LogP contribution in [0, 0.1) is 5.92 Å². The Morgan fingerprint density at radius 2 is 2.21 bits per heavy atom. The Kier molecular flexibility index (Phi) is 8.16. The molecule has 3 unspecified atom stereocenters. The second-order valence-corrected chi connectivity index (χ2v) is 9.82. The molecule has 12 heteroatoms. The van der Waals surface area contributed by atoms with E-state index in [2.05, 4.69) is 36.3 Å². The molecule has 1 aliphatic carbocycles. The van der Waals surface area contributed by atoms with Crippen molar-refractivity contribution in [3.63, 3.8) is 0 Å². The highest BCUT2D eigenvalue weighted by Crippen LogP contribution is 2.29. The Balaban J connectivity index is 1.49. The Morgan fingerprint density at radius 3 is 2.97 bits per heavy atom. The zero-order valence-corrected chi connectivity index (χ0v) is 20.7. The Labute approximate surface area is 207 Å². The first kappa shape index (κ1) is 24.6. The third-order valence-corrected chi connectivity index (χ3v) is 6.60. The lowest BCUT2D eigenvalue weighted by atomic mass is 10.1. The van der Waals surface area contributed by atoms with Crippen LogP contribution in [0.4, 0.5) is 5.82 Å². The molecule has 3 aromatic rings. The quantitative estimate of drug-likeness (QED) is 0.327. The van der Waals surface area contributed by atoms with Gasteiger partial charge in [-0.1, -0.05) is 28.1 Å². The van der Waals surface area contributed by atoms with Gasteiger partial charge in [0.15, 0.2) is 0 Å². The van der Waals surface area contributed by atoms with Gasteiger partial charge in [-0.2, -0.15) is 5.10 Å². The summed E-state index contributed by atoms with van der Waals surface area (Å²) in [6.07, 6.45) is 5.39. The summed E-state index contributed by atoms with van der Waals surface area (Å²) in [5, 5.41) is 22.8. The van der Waals surface area contributed by atoms with Crippen LogP contribution >= 0.6 is 15.9 Å². The number of rotatable bonds is 10. The van der Waals surface area contributed by atoms with E-state index in [0.29, 0.717) is 30.2 Å². The van der Waals surface area contributed by atoms with Gasteiger partial charge in [-0.05, 0) is 48.9 Å². The van der Waals surface area contributed by atoms with Crippen molar-refractivity contribution in [3.05, 3.63) is 69.8 Å². The number of aliphatic hydroxyl groups excluding tert-OH is 1. The minimum Gasteiger partial charge on any atom is -0.390 e. The van der Waals surface area contributed by atoms with Crippen molar-refractivity contribution < 1.29 is 18.3 Å². The Bertz CT molecular complexity index is 1190. The smallest absolute Gasteiger partial charge is 0.231 e. The molecule has 0 amide bonds. The molecule has 1 fully saturated rings. The molecule has 1 aliphatic rings. The van der Waals surface area contributed by atoms with Gasteiger partial charge >= 0.3 is 0 Å². The van der Waals surface area contributed by atoms with Crippen molar-refractivity contribution in [1.82, 2.24) is 19.7 Å². The summed E-state index contributed by atoms with van der Waals surface area (Å²) in [5.74, 6) is 0.329. The van der Waals surface area contributed by atoms with E-state index < -0.39 is 11.3 Å². The topological polar surface area (TPSA) is 145 Å². The largest absolute Gasteiger partial charge is 0.390 e. The highest BCUT2D eigenvalue weighted by molar-refractivity contribution is 9.10. The van der Waals surface area contributed by atoms with E-state index in [-0.39, 0.29) is 30.0 Å². The fourth-order valence-corrected chi connectivity index (χ4v) is 4.87. The van der Waals surface area contributed by atoms with Crippen LogP contribution in [0.1, 0.15) is 46.6 Å². The standard InChI is InChI=1S/C22H25BrN6O4S/c23-16-3-1-2-14(6-16)10-29-18(11-30)8-20(28-29)21(31)19-9-25-13-26-22(19)27-17-5-4-15(7-17)12-33-34(24)32/h1-3,6,8-9,13,15,17,30H,4-5,7,10-12,24H2,(H,25,26,27). The van der Waals surface area contributed by atoms with E-state index in [4.69, 9.17) is 9.32 Å². The molecular formula is C22H25BrN6O4S. The first-order chi connectivity index (χ1) is 16.4. The van der Waals surface area contributed by atoms with Crippen LogP contribution < -0.4 is 10.5 Å². The number of nitrogens with one attached hydrogen (secondary N) is 1. The van der Waals surface area contributed by atoms with Crippen molar-refractivity contribution in [1.29, 1.82) is 0 Å². The average molecular weight is 549 g/mol. The van der Waals surface area contributed by atoms with Crippen molar-refractivity contribution in [2.24, 2.45) is 11.1 Å². The lowest BCUT2D eigenvalue weighted by molar-refractivity contribution is 0.103. The number of carbonyl (C=O) groups excluding carboxylic acids is 1. The highest BCUT2D eigenvalue weighted by atomic mass is 79.9. The minimum atomic E-state index is -1.77. The van der Waals surface area contributed by atoms with Crippen molar-refractivity contribution in [3.8, 4) is 0 Å². The molecule has 4 rings (SSSR count). The molecule has 0 spiro atoms. The molecule has 0 saturated heterocycles. The lowest BCUT2D eigenvalue weighted by Crippen LogP contribution is -2.21. The highest BCUT2D eigenvalue weighted by Gasteiger charge is 2.27. The molecule has 180 valence electrons. The Morgan fingerprint density at radius 1 is 1.35 bits per heavy atom. The van der Waals surface area contributed by atoms with E-state index in [1.807, 2.05) is 24.3 Å². The number of benzene rings is 1.